The van der Waals surface area contributed by atoms with Gasteiger partial charge in [-0.3, -0.25) is 0 Å². The van der Waals surface area contributed by atoms with Crippen molar-refractivity contribution in [2.75, 3.05) is 19.6 Å². The van der Waals surface area contributed by atoms with Crippen LogP contribution < -0.4 is 5.73 Å². The lowest BCUT2D eigenvalue weighted by Gasteiger charge is -2.21. The Morgan fingerprint density at radius 1 is 1.42 bits per heavy atom. The second kappa shape index (κ2) is 4.79. The van der Waals surface area contributed by atoms with Crippen LogP contribution in [-0.2, 0) is 10.0 Å². The van der Waals surface area contributed by atoms with Crippen LogP contribution in [0.5, 0.6) is 0 Å². The van der Waals surface area contributed by atoms with Crippen LogP contribution in [-0.4, -0.2) is 37.6 Å². The maximum Gasteiger partial charge on any atom is 0.216 e. The molecule has 0 aliphatic carbocycles. The van der Waals surface area contributed by atoms with Crippen LogP contribution in [0, 0.1) is 0 Å². The Hall–Kier alpha value is -0.130. The first kappa shape index (κ1) is 11.9. The van der Waals surface area contributed by atoms with Crippen molar-refractivity contribution in [2.45, 2.75) is 26.0 Å². The lowest BCUT2D eigenvalue weighted by Crippen LogP contribution is -2.39. The molecule has 2 N–H and O–H groups in total. The maximum absolute atomic E-state index is 11.5. The highest BCUT2D eigenvalue weighted by molar-refractivity contribution is 7.89. The molecule has 0 fully saturated rings. The van der Waals surface area contributed by atoms with Crippen LogP contribution >= 0.6 is 0 Å². The zero-order valence-corrected chi connectivity index (χ0v) is 8.76. The summed E-state index contributed by atoms with van der Waals surface area (Å²) in [5, 5.41) is -0.357. The van der Waals surface area contributed by atoms with E-state index in [0.29, 0.717) is 19.6 Å². The summed E-state index contributed by atoms with van der Waals surface area (Å²) in [5.41, 5.74) is 5.30. The van der Waals surface area contributed by atoms with Gasteiger partial charge < -0.3 is 5.73 Å². The van der Waals surface area contributed by atoms with Gasteiger partial charge in [0.2, 0.25) is 10.0 Å². The Bertz CT molecular complexity index is 211. The first-order valence-corrected chi connectivity index (χ1v) is 5.66. The third kappa shape index (κ3) is 2.73. The number of likely N-dealkylation sites (N-methyl/N-ethyl adjacent to an activating group) is 1. The average molecular weight is 194 g/mol. The first-order valence-electron chi connectivity index (χ1n) is 4.15. The Labute approximate surface area is 74.8 Å². The van der Waals surface area contributed by atoms with Gasteiger partial charge in [0.15, 0.2) is 0 Å². The summed E-state index contributed by atoms with van der Waals surface area (Å²) >= 11 is 0. The predicted octanol–water partition coefficient (Wildman–Crippen LogP) is 0.00520. The van der Waals surface area contributed by atoms with Gasteiger partial charge in [-0.15, -0.1) is 0 Å². The highest BCUT2D eigenvalue weighted by atomic mass is 32.2. The normalized spacial score (nSPS) is 12.8. The summed E-state index contributed by atoms with van der Waals surface area (Å²) in [4.78, 5) is 0. The van der Waals surface area contributed by atoms with Gasteiger partial charge in [0.05, 0.1) is 5.25 Å². The van der Waals surface area contributed by atoms with E-state index in [-0.39, 0.29) is 5.25 Å². The molecule has 0 heterocycles. The lowest BCUT2D eigenvalue weighted by atomic mass is 10.6. The summed E-state index contributed by atoms with van der Waals surface area (Å²) in [6.07, 6.45) is 0. The van der Waals surface area contributed by atoms with Gasteiger partial charge in [0.25, 0.3) is 0 Å². The monoisotopic (exact) mass is 194 g/mol. The third-order valence-electron chi connectivity index (χ3n) is 1.69. The molecule has 0 unspecified atom stereocenters. The minimum Gasteiger partial charge on any atom is -0.329 e. The number of hydrogen-bond acceptors (Lipinski definition) is 3. The standard InChI is InChI=1S/C7H18N2O2S/c1-4-9(6-5-8)12(10,11)7(2)3/h7H,4-6,8H2,1-3H3. The smallest absolute Gasteiger partial charge is 0.216 e. The van der Waals surface area contributed by atoms with E-state index in [0.717, 1.165) is 0 Å². The minimum atomic E-state index is -3.10. The quantitative estimate of drug-likeness (QED) is 0.670. The molecule has 0 aliphatic heterocycles. The first-order chi connectivity index (χ1) is 5.46. The van der Waals surface area contributed by atoms with E-state index in [1.165, 1.54) is 4.31 Å². The van der Waals surface area contributed by atoms with Crippen molar-refractivity contribution in [3.05, 3.63) is 0 Å². The predicted molar refractivity (Wildman–Crippen MR) is 50.4 cm³/mol. The Morgan fingerprint density at radius 3 is 2.17 bits per heavy atom. The van der Waals surface area contributed by atoms with E-state index in [9.17, 15) is 8.42 Å². The highest BCUT2D eigenvalue weighted by Gasteiger charge is 2.22. The van der Waals surface area contributed by atoms with E-state index in [1.807, 2.05) is 6.92 Å². The molecule has 4 nitrogen and oxygen atoms in total. The van der Waals surface area contributed by atoms with Crippen LogP contribution in [0.25, 0.3) is 0 Å². The van der Waals surface area contributed by atoms with Gasteiger partial charge in [-0.25, -0.2) is 12.7 Å². The van der Waals surface area contributed by atoms with E-state index in [1.54, 1.807) is 13.8 Å². The van der Waals surface area contributed by atoms with E-state index < -0.39 is 10.0 Å². The molecule has 0 saturated heterocycles. The van der Waals surface area contributed by atoms with Crippen molar-refractivity contribution in [3.63, 3.8) is 0 Å². The van der Waals surface area contributed by atoms with Gasteiger partial charge in [-0.1, -0.05) is 6.92 Å². The number of rotatable bonds is 5. The topological polar surface area (TPSA) is 63.4 Å². The molecule has 5 heteroatoms. The van der Waals surface area contributed by atoms with E-state index >= 15 is 0 Å². The largest absolute Gasteiger partial charge is 0.329 e. The van der Waals surface area contributed by atoms with Gasteiger partial charge in [-0.2, -0.15) is 0 Å². The lowest BCUT2D eigenvalue weighted by molar-refractivity contribution is 0.430. The van der Waals surface area contributed by atoms with Crippen LogP contribution in [0.1, 0.15) is 20.8 Å². The number of sulfonamides is 1. The van der Waals surface area contributed by atoms with Gasteiger partial charge in [-0.05, 0) is 13.8 Å². The second-order valence-electron chi connectivity index (χ2n) is 2.87. The zero-order chi connectivity index (χ0) is 9.78. The molecular formula is C7H18N2O2S. The molecule has 0 aromatic heterocycles. The summed E-state index contributed by atoms with van der Waals surface area (Å²) in [6.45, 7) is 6.45. The minimum absolute atomic E-state index is 0.357. The molecule has 0 radical (unpaired) electrons. The van der Waals surface area contributed by atoms with Gasteiger partial charge >= 0.3 is 0 Å². The SMILES string of the molecule is CCN(CCN)S(=O)(=O)C(C)C. The van der Waals surface area contributed by atoms with E-state index in [2.05, 4.69) is 0 Å². The molecule has 0 rings (SSSR count). The fourth-order valence-electron chi connectivity index (χ4n) is 0.907. The van der Waals surface area contributed by atoms with Crippen molar-refractivity contribution in [2.24, 2.45) is 5.73 Å². The van der Waals surface area contributed by atoms with Crippen molar-refractivity contribution in [1.82, 2.24) is 4.31 Å². The molecule has 0 spiro atoms. The van der Waals surface area contributed by atoms with Crippen LogP contribution in [0.15, 0.2) is 0 Å². The third-order valence-corrected chi connectivity index (χ3v) is 4.04. The summed E-state index contributed by atoms with van der Waals surface area (Å²) < 4.78 is 24.5. The molecule has 0 saturated carbocycles. The van der Waals surface area contributed by atoms with Crippen LogP contribution in [0.4, 0.5) is 0 Å². The van der Waals surface area contributed by atoms with Crippen molar-refractivity contribution >= 4 is 10.0 Å². The van der Waals surface area contributed by atoms with Crippen molar-refractivity contribution in [1.29, 1.82) is 0 Å². The molecular weight excluding hydrogens is 176 g/mol. The van der Waals surface area contributed by atoms with Crippen LogP contribution in [0.3, 0.4) is 0 Å². The Morgan fingerprint density at radius 2 is 1.92 bits per heavy atom. The fourth-order valence-corrected chi connectivity index (χ4v) is 2.22. The van der Waals surface area contributed by atoms with Gasteiger partial charge in [0.1, 0.15) is 0 Å². The molecule has 74 valence electrons. The number of hydrogen-bond donors (Lipinski definition) is 1. The zero-order valence-electron chi connectivity index (χ0n) is 7.95. The Balaban J connectivity index is 4.49. The summed E-state index contributed by atoms with van der Waals surface area (Å²) in [7, 11) is -3.10. The van der Waals surface area contributed by atoms with Gasteiger partial charge in [0, 0.05) is 19.6 Å². The molecule has 0 amide bonds. The number of nitrogens with zero attached hydrogens (tertiary/aromatic N) is 1. The molecule has 12 heavy (non-hydrogen) atoms. The molecule has 0 bridgehead atoms. The molecule has 0 aromatic rings. The average Bonchev–Trinajstić information content (AvgIpc) is 1.99. The summed E-state index contributed by atoms with van der Waals surface area (Å²) in [6, 6.07) is 0. The summed E-state index contributed by atoms with van der Waals surface area (Å²) in [5.74, 6) is 0. The molecule has 0 aliphatic rings. The second-order valence-corrected chi connectivity index (χ2v) is 5.36. The van der Waals surface area contributed by atoms with E-state index in [4.69, 9.17) is 5.73 Å². The molecule has 0 aromatic carbocycles. The van der Waals surface area contributed by atoms with Crippen molar-refractivity contribution < 1.29 is 8.42 Å². The number of nitrogens with two attached hydrogens (primary N) is 1. The fraction of sp³-hybridized carbons (Fsp3) is 1.00. The highest BCUT2D eigenvalue weighted by Crippen LogP contribution is 2.06. The van der Waals surface area contributed by atoms with Crippen molar-refractivity contribution in [3.8, 4) is 0 Å². The maximum atomic E-state index is 11.5. The Kier molecular flexibility index (Phi) is 4.74. The molecule has 0 atom stereocenters. The van der Waals surface area contributed by atoms with Crippen LogP contribution in [0.2, 0.25) is 0 Å².